The highest BCUT2D eigenvalue weighted by atomic mass is 16.5. The van der Waals surface area contributed by atoms with E-state index in [4.69, 9.17) is 4.74 Å². The van der Waals surface area contributed by atoms with E-state index in [1.807, 2.05) is 24.3 Å². The maximum Gasteiger partial charge on any atom is 0.328 e. The van der Waals surface area contributed by atoms with Gasteiger partial charge in [0.25, 0.3) is 0 Å². The molecule has 1 amide bonds. The molecule has 1 aromatic carbocycles. The van der Waals surface area contributed by atoms with Gasteiger partial charge in [-0.15, -0.1) is 5.10 Å². The second-order valence-electron chi connectivity index (χ2n) is 5.03. The summed E-state index contributed by atoms with van der Waals surface area (Å²) in [5.74, 6) is -0.557. The largest absolute Gasteiger partial charge is 0.464 e. The summed E-state index contributed by atoms with van der Waals surface area (Å²) >= 11 is 0. The quantitative estimate of drug-likeness (QED) is 0.725. The summed E-state index contributed by atoms with van der Waals surface area (Å²) in [4.78, 5) is 25.3. The zero-order valence-electron chi connectivity index (χ0n) is 13.3. The SMILES string of the molecule is CCOC(=O)[C@H](C)N(C)C(=O)Cc1ccc(-n2cnnn2)cc1. The molecule has 0 saturated heterocycles. The number of carbonyl (C=O) groups is 2. The number of benzene rings is 1. The molecule has 0 N–H and O–H groups in total. The first kappa shape index (κ1) is 16.6. The fraction of sp³-hybridized carbons (Fsp3) is 0.400. The number of aromatic nitrogens is 4. The molecule has 0 radical (unpaired) electrons. The molecule has 0 aliphatic heterocycles. The van der Waals surface area contributed by atoms with E-state index in [-0.39, 0.29) is 12.3 Å². The molecule has 0 spiro atoms. The predicted molar refractivity (Wildman–Crippen MR) is 81.7 cm³/mol. The van der Waals surface area contributed by atoms with Gasteiger partial charge in [0, 0.05) is 7.05 Å². The zero-order valence-corrected chi connectivity index (χ0v) is 13.3. The van der Waals surface area contributed by atoms with Crippen molar-refractivity contribution in [3.05, 3.63) is 36.2 Å². The maximum absolute atomic E-state index is 12.3. The molecule has 1 atom stereocenters. The van der Waals surface area contributed by atoms with Crippen LogP contribution in [0.4, 0.5) is 0 Å². The Bertz CT molecular complexity index is 654. The molecule has 8 heteroatoms. The summed E-state index contributed by atoms with van der Waals surface area (Å²) in [6.07, 6.45) is 1.70. The van der Waals surface area contributed by atoms with E-state index in [1.165, 1.54) is 15.9 Å². The molecule has 8 nitrogen and oxygen atoms in total. The van der Waals surface area contributed by atoms with Gasteiger partial charge in [-0.05, 0) is 42.0 Å². The first-order valence-corrected chi connectivity index (χ1v) is 7.27. The number of amides is 1. The summed E-state index contributed by atoms with van der Waals surface area (Å²) in [5.41, 5.74) is 1.65. The first-order valence-electron chi connectivity index (χ1n) is 7.27. The Labute approximate surface area is 134 Å². The Kier molecular flexibility index (Phi) is 5.40. The van der Waals surface area contributed by atoms with Crippen LogP contribution >= 0.6 is 0 Å². The van der Waals surface area contributed by atoms with Crippen molar-refractivity contribution in [3.8, 4) is 5.69 Å². The van der Waals surface area contributed by atoms with Crippen molar-refractivity contribution in [2.45, 2.75) is 26.3 Å². The average Bonchev–Trinajstić information content (AvgIpc) is 3.08. The van der Waals surface area contributed by atoms with Crippen molar-refractivity contribution in [2.24, 2.45) is 0 Å². The Balaban J connectivity index is 1.98. The topological polar surface area (TPSA) is 90.2 Å². The minimum atomic E-state index is -0.608. The summed E-state index contributed by atoms with van der Waals surface area (Å²) < 4.78 is 6.46. The number of rotatable bonds is 6. The van der Waals surface area contributed by atoms with Gasteiger partial charge in [0.15, 0.2) is 0 Å². The Morgan fingerprint density at radius 1 is 1.30 bits per heavy atom. The van der Waals surface area contributed by atoms with Crippen LogP contribution in [0.2, 0.25) is 0 Å². The van der Waals surface area contributed by atoms with Crippen LogP contribution in [0, 0.1) is 0 Å². The third kappa shape index (κ3) is 4.12. The van der Waals surface area contributed by atoms with Gasteiger partial charge in [-0.3, -0.25) is 4.79 Å². The lowest BCUT2D eigenvalue weighted by Gasteiger charge is -2.23. The number of nitrogens with zero attached hydrogens (tertiary/aromatic N) is 5. The minimum absolute atomic E-state index is 0.152. The van der Waals surface area contributed by atoms with Gasteiger partial charge in [-0.2, -0.15) is 0 Å². The molecule has 0 unspecified atom stereocenters. The third-order valence-electron chi connectivity index (χ3n) is 3.51. The van der Waals surface area contributed by atoms with Crippen molar-refractivity contribution in [3.63, 3.8) is 0 Å². The molecular weight excluding hydrogens is 298 g/mol. The van der Waals surface area contributed by atoms with Crippen LogP contribution in [-0.4, -0.2) is 56.7 Å². The Hall–Kier alpha value is -2.77. The third-order valence-corrected chi connectivity index (χ3v) is 3.51. The highest BCUT2D eigenvalue weighted by Crippen LogP contribution is 2.10. The number of likely N-dealkylation sites (N-methyl/N-ethyl adjacent to an activating group) is 1. The number of tetrazole rings is 1. The van der Waals surface area contributed by atoms with E-state index < -0.39 is 12.0 Å². The summed E-state index contributed by atoms with van der Waals surface area (Å²) in [7, 11) is 1.60. The summed E-state index contributed by atoms with van der Waals surface area (Å²) in [6, 6.07) is 6.71. The van der Waals surface area contributed by atoms with Crippen LogP contribution < -0.4 is 0 Å². The molecule has 0 bridgehead atoms. The van der Waals surface area contributed by atoms with Crippen molar-refractivity contribution >= 4 is 11.9 Å². The van der Waals surface area contributed by atoms with Crippen LogP contribution in [0.25, 0.3) is 5.69 Å². The lowest BCUT2D eigenvalue weighted by molar-refractivity contribution is -0.152. The van der Waals surface area contributed by atoms with Crippen molar-refractivity contribution < 1.29 is 14.3 Å². The molecule has 0 aliphatic rings. The van der Waals surface area contributed by atoms with E-state index >= 15 is 0 Å². The van der Waals surface area contributed by atoms with Crippen LogP contribution in [0.15, 0.2) is 30.6 Å². The highest BCUT2D eigenvalue weighted by Gasteiger charge is 2.23. The van der Waals surface area contributed by atoms with Crippen LogP contribution in [0.3, 0.4) is 0 Å². The lowest BCUT2D eigenvalue weighted by Crippen LogP contribution is -2.42. The van der Waals surface area contributed by atoms with Gasteiger partial charge in [0.2, 0.25) is 5.91 Å². The molecule has 0 aliphatic carbocycles. The molecule has 2 aromatic rings. The molecule has 122 valence electrons. The predicted octanol–water partition coefficient (Wildman–Crippen LogP) is 0.615. The summed E-state index contributed by atoms with van der Waals surface area (Å²) in [5, 5.41) is 10.9. The van der Waals surface area contributed by atoms with Crippen LogP contribution in [-0.2, 0) is 20.7 Å². The van der Waals surface area contributed by atoms with E-state index in [0.29, 0.717) is 6.61 Å². The van der Waals surface area contributed by atoms with Crippen LogP contribution in [0.1, 0.15) is 19.4 Å². The van der Waals surface area contributed by atoms with Gasteiger partial charge in [0.05, 0.1) is 18.7 Å². The minimum Gasteiger partial charge on any atom is -0.464 e. The number of esters is 1. The van der Waals surface area contributed by atoms with Gasteiger partial charge in [-0.1, -0.05) is 12.1 Å². The van der Waals surface area contributed by atoms with Crippen LogP contribution in [0.5, 0.6) is 0 Å². The second kappa shape index (κ2) is 7.48. The normalized spacial score (nSPS) is 11.8. The zero-order chi connectivity index (χ0) is 16.8. The number of hydrogen-bond donors (Lipinski definition) is 0. The average molecular weight is 317 g/mol. The molecule has 1 aromatic heterocycles. The Morgan fingerprint density at radius 2 is 2.00 bits per heavy atom. The van der Waals surface area contributed by atoms with Gasteiger partial charge in [-0.25, -0.2) is 9.48 Å². The molecular formula is C15H19N5O3. The fourth-order valence-electron chi connectivity index (χ4n) is 1.98. The van der Waals surface area contributed by atoms with E-state index in [1.54, 1.807) is 20.9 Å². The highest BCUT2D eigenvalue weighted by molar-refractivity contribution is 5.85. The monoisotopic (exact) mass is 317 g/mol. The first-order chi connectivity index (χ1) is 11.0. The number of hydrogen-bond acceptors (Lipinski definition) is 6. The smallest absolute Gasteiger partial charge is 0.328 e. The van der Waals surface area contributed by atoms with E-state index in [9.17, 15) is 9.59 Å². The van der Waals surface area contributed by atoms with E-state index in [2.05, 4.69) is 15.5 Å². The molecule has 2 rings (SSSR count). The molecule has 0 saturated carbocycles. The van der Waals surface area contributed by atoms with Crippen molar-refractivity contribution in [1.82, 2.24) is 25.1 Å². The van der Waals surface area contributed by atoms with E-state index in [0.717, 1.165) is 11.3 Å². The Morgan fingerprint density at radius 3 is 2.57 bits per heavy atom. The van der Waals surface area contributed by atoms with Gasteiger partial charge in [0.1, 0.15) is 12.4 Å². The fourth-order valence-corrected chi connectivity index (χ4v) is 1.98. The van der Waals surface area contributed by atoms with Gasteiger partial charge >= 0.3 is 5.97 Å². The second-order valence-corrected chi connectivity index (χ2v) is 5.03. The summed E-state index contributed by atoms with van der Waals surface area (Å²) in [6.45, 7) is 3.68. The maximum atomic E-state index is 12.3. The number of ether oxygens (including phenoxy) is 1. The van der Waals surface area contributed by atoms with Crippen molar-refractivity contribution in [2.75, 3.05) is 13.7 Å². The lowest BCUT2D eigenvalue weighted by atomic mass is 10.1. The molecule has 0 fully saturated rings. The van der Waals surface area contributed by atoms with Crippen molar-refractivity contribution in [1.29, 1.82) is 0 Å². The van der Waals surface area contributed by atoms with Gasteiger partial charge < -0.3 is 9.64 Å². The molecule has 23 heavy (non-hydrogen) atoms. The standard InChI is InChI=1S/C15H19N5O3/c1-4-23-15(22)11(2)19(3)14(21)9-12-5-7-13(8-6-12)20-10-16-17-18-20/h5-8,10-11H,4,9H2,1-3H3/t11-/m0/s1. The molecule has 1 heterocycles. The number of carbonyl (C=O) groups excluding carboxylic acids is 2.